The van der Waals surface area contributed by atoms with Crippen molar-refractivity contribution in [2.24, 2.45) is 0 Å². The van der Waals surface area contributed by atoms with Crippen LogP contribution in [0.3, 0.4) is 0 Å². The van der Waals surface area contributed by atoms with Crippen LogP contribution < -0.4 is 4.74 Å². The van der Waals surface area contributed by atoms with E-state index in [1.807, 2.05) is 0 Å². The summed E-state index contributed by atoms with van der Waals surface area (Å²) in [6, 6.07) is 6.62. The highest BCUT2D eigenvalue weighted by Crippen LogP contribution is 2.31. The van der Waals surface area contributed by atoms with Gasteiger partial charge in [0.25, 0.3) is 0 Å². The first-order valence-electron chi connectivity index (χ1n) is 5.36. The van der Waals surface area contributed by atoms with Crippen molar-refractivity contribution >= 4 is 17.9 Å². The Hall–Kier alpha value is -2.08. The average molecular weight is 302 g/mol. The van der Waals surface area contributed by atoms with Crippen LogP contribution in [0.5, 0.6) is 5.75 Å². The third-order valence-corrected chi connectivity index (χ3v) is 2.78. The molecule has 3 nitrogen and oxygen atoms in total. The number of aromatic nitrogens is 1. The number of alkyl halides is 3. The first-order chi connectivity index (χ1) is 9.40. The zero-order valence-electron chi connectivity index (χ0n) is 9.82. The summed E-state index contributed by atoms with van der Waals surface area (Å²) >= 11 is 5.97. The molecule has 0 N–H and O–H groups in total. The summed E-state index contributed by atoms with van der Waals surface area (Å²) in [5.74, 6) is -0.385. The maximum atomic E-state index is 12.2. The molecule has 0 atom stereocenters. The Balaban J connectivity index is 2.44. The molecule has 1 aromatic heterocycles. The summed E-state index contributed by atoms with van der Waals surface area (Å²) in [7, 11) is 0. The van der Waals surface area contributed by atoms with E-state index in [-0.39, 0.29) is 22.0 Å². The third kappa shape index (κ3) is 3.27. The molecule has 20 heavy (non-hydrogen) atoms. The fourth-order valence-electron chi connectivity index (χ4n) is 1.59. The van der Waals surface area contributed by atoms with E-state index in [0.29, 0.717) is 11.8 Å². The van der Waals surface area contributed by atoms with Gasteiger partial charge in [-0.2, -0.15) is 0 Å². The zero-order valence-corrected chi connectivity index (χ0v) is 10.6. The number of pyridine rings is 1. The molecule has 0 amide bonds. The minimum atomic E-state index is -4.78. The molecule has 0 aliphatic carbocycles. The fourth-order valence-corrected chi connectivity index (χ4v) is 1.86. The number of halogens is 4. The van der Waals surface area contributed by atoms with E-state index < -0.39 is 6.36 Å². The highest BCUT2D eigenvalue weighted by Gasteiger charge is 2.31. The summed E-state index contributed by atoms with van der Waals surface area (Å²) in [5.41, 5.74) is 0.739. The van der Waals surface area contributed by atoms with Gasteiger partial charge >= 0.3 is 6.36 Å². The lowest BCUT2D eigenvalue weighted by molar-refractivity contribution is -0.274. The Labute approximate surface area is 117 Å². The van der Waals surface area contributed by atoms with Crippen molar-refractivity contribution in [2.75, 3.05) is 0 Å². The van der Waals surface area contributed by atoms with E-state index in [1.165, 1.54) is 24.4 Å². The summed E-state index contributed by atoms with van der Waals surface area (Å²) in [6.45, 7) is 0. The predicted octanol–water partition coefficient (Wildman–Crippen LogP) is 4.11. The van der Waals surface area contributed by atoms with Gasteiger partial charge in [0.1, 0.15) is 5.75 Å². The van der Waals surface area contributed by atoms with Crippen LogP contribution in [0.15, 0.2) is 36.5 Å². The second-order valence-corrected chi connectivity index (χ2v) is 4.13. The normalized spacial score (nSPS) is 11.2. The molecule has 0 unspecified atom stereocenters. The number of nitrogens with zero attached hydrogens (tertiary/aromatic N) is 1. The number of carbonyl (C=O) groups excluding carboxylic acids is 1. The third-order valence-electron chi connectivity index (χ3n) is 2.39. The monoisotopic (exact) mass is 301 g/mol. The van der Waals surface area contributed by atoms with E-state index in [0.717, 1.165) is 12.1 Å². The predicted molar refractivity (Wildman–Crippen MR) is 66.8 cm³/mol. The van der Waals surface area contributed by atoms with Gasteiger partial charge in [-0.05, 0) is 18.2 Å². The van der Waals surface area contributed by atoms with Crippen LogP contribution >= 0.6 is 11.6 Å². The molecule has 0 bridgehead atoms. The van der Waals surface area contributed by atoms with Crippen LogP contribution in [0.2, 0.25) is 5.02 Å². The van der Waals surface area contributed by atoms with Gasteiger partial charge in [0.2, 0.25) is 0 Å². The molecular formula is C13H7ClF3NO2. The topological polar surface area (TPSA) is 39.2 Å². The molecule has 7 heteroatoms. The van der Waals surface area contributed by atoms with Crippen molar-refractivity contribution in [3.63, 3.8) is 0 Å². The molecule has 2 rings (SSSR count). The smallest absolute Gasteiger partial charge is 0.406 e. The SMILES string of the molecule is O=Cc1ccnc(-c2cccc(OC(F)(F)F)c2)c1Cl. The van der Waals surface area contributed by atoms with Crippen molar-refractivity contribution in [1.82, 2.24) is 4.98 Å². The first kappa shape index (κ1) is 14.3. The van der Waals surface area contributed by atoms with Gasteiger partial charge in [-0.3, -0.25) is 9.78 Å². The Morgan fingerprint density at radius 3 is 2.65 bits per heavy atom. The summed E-state index contributed by atoms with van der Waals surface area (Å²) in [4.78, 5) is 14.7. The van der Waals surface area contributed by atoms with Crippen LogP contribution in [0.4, 0.5) is 13.2 Å². The molecule has 0 aliphatic heterocycles. The van der Waals surface area contributed by atoms with Gasteiger partial charge in [0.15, 0.2) is 6.29 Å². The minimum Gasteiger partial charge on any atom is -0.406 e. The number of hydrogen-bond donors (Lipinski definition) is 0. The zero-order chi connectivity index (χ0) is 14.8. The van der Waals surface area contributed by atoms with Gasteiger partial charge < -0.3 is 4.74 Å². The van der Waals surface area contributed by atoms with Crippen LogP contribution in [0.1, 0.15) is 10.4 Å². The average Bonchev–Trinajstić information content (AvgIpc) is 2.37. The number of hydrogen-bond acceptors (Lipinski definition) is 3. The maximum Gasteiger partial charge on any atom is 0.573 e. The van der Waals surface area contributed by atoms with Crippen LogP contribution in [0, 0.1) is 0 Å². The van der Waals surface area contributed by atoms with Gasteiger partial charge in [-0.25, -0.2) is 0 Å². The van der Waals surface area contributed by atoms with E-state index in [2.05, 4.69) is 9.72 Å². The van der Waals surface area contributed by atoms with Crippen LogP contribution in [0.25, 0.3) is 11.3 Å². The van der Waals surface area contributed by atoms with Crippen molar-refractivity contribution in [3.05, 3.63) is 47.1 Å². The van der Waals surface area contributed by atoms with Crippen molar-refractivity contribution < 1.29 is 22.7 Å². The molecule has 0 radical (unpaired) electrons. The summed E-state index contributed by atoms with van der Waals surface area (Å²) in [6.07, 6.45) is -2.88. The molecule has 0 saturated carbocycles. The Morgan fingerprint density at radius 2 is 2.00 bits per heavy atom. The largest absolute Gasteiger partial charge is 0.573 e. The van der Waals surface area contributed by atoms with Crippen molar-refractivity contribution in [2.45, 2.75) is 6.36 Å². The number of benzene rings is 1. The van der Waals surface area contributed by atoms with Gasteiger partial charge in [0, 0.05) is 17.3 Å². The lowest BCUT2D eigenvalue weighted by Crippen LogP contribution is -2.17. The molecule has 0 spiro atoms. The lowest BCUT2D eigenvalue weighted by atomic mass is 10.1. The Morgan fingerprint density at radius 1 is 1.25 bits per heavy atom. The van der Waals surface area contributed by atoms with Gasteiger partial charge in [0.05, 0.1) is 10.7 Å². The van der Waals surface area contributed by atoms with Crippen molar-refractivity contribution in [3.8, 4) is 17.0 Å². The number of ether oxygens (including phenoxy) is 1. The second-order valence-electron chi connectivity index (χ2n) is 3.76. The number of carbonyl (C=O) groups is 1. The van der Waals surface area contributed by atoms with Crippen LogP contribution in [-0.4, -0.2) is 17.6 Å². The summed E-state index contributed by atoms with van der Waals surface area (Å²) < 4.78 is 40.3. The molecule has 1 heterocycles. The minimum absolute atomic E-state index is 0.0756. The summed E-state index contributed by atoms with van der Waals surface area (Å²) in [5, 5.41) is 0.0756. The van der Waals surface area contributed by atoms with E-state index in [1.54, 1.807) is 0 Å². The van der Waals surface area contributed by atoms with Gasteiger partial charge in [-0.1, -0.05) is 23.7 Å². The quantitative estimate of drug-likeness (QED) is 0.801. The number of aldehydes is 1. The first-order valence-corrected chi connectivity index (χ1v) is 5.74. The molecular weight excluding hydrogens is 295 g/mol. The highest BCUT2D eigenvalue weighted by molar-refractivity contribution is 6.35. The van der Waals surface area contributed by atoms with Crippen LogP contribution in [-0.2, 0) is 0 Å². The molecule has 0 fully saturated rings. The van der Waals surface area contributed by atoms with Crippen molar-refractivity contribution in [1.29, 1.82) is 0 Å². The maximum absolute atomic E-state index is 12.2. The van der Waals surface area contributed by atoms with E-state index in [4.69, 9.17) is 11.6 Å². The molecule has 0 aliphatic rings. The van der Waals surface area contributed by atoms with E-state index >= 15 is 0 Å². The highest BCUT2D eigenvalue weighted by atomic mass is 35.5. The molecule has 104 valence electrons. The molecule has 0 saturated heterocycles. The van der Waals surface area contributed by atoms with E-state index in [9.17, 15) is 18.0 Å². The molecule has 2 aromatic rings. The Bertz CT molecular complexity index is 644. The fraction of sp³-hybridized carbons (Fsp3) is 0.0769. The molecule has 1 aromatic carbocycles. The van der Waals surface area contributed by atoms with Gasteiger partial charge in [-0.15, -0.1) is 13.2 Å². The standard InChI is InChI=1S/C13H7ClF3NO2/c14-11-9(7-19)4-5-18-12(11)8-2-1-3-10(6-8)20-13(15,16)17/h1-7H. The Kier molecular flexibility index (Phi) is 3.94. The number of rotatable bonds is 3. The second kappa shape index (κ2) is 5.50. The lowest BCUT2D eigenvalue weighted by Gasteiger charge is -2.10.